The van der Waals surface area contributed by atoms with Crippen LogP contribution in [0.4, 0.5) is 0 Å². The Labute approximate surface area is 280 Å². The molecule has 0 aromatic carbocycles. The summed E-state index contributed by atoms with van der Waals surface area (Å²) in [4.78, 5) is 0. The van der Waals surface area contributed by atoms with Crippen LogP contribution in [-0.4, -0.2) is 54.1 Å². The molecule has 1 heterocycles. The molecular weight excluding hydrogens is 647 g/mol. The molecule has 0 amide bonds. The monoisotopic (exact) mass is 712 g/mol. The molecule has 0 spiro atoms. The molecule has 0 bridgehead atoms. The Morgan fingerprint density at radius 1 is 0.690 bits per heavy atom. The Balaban J connectivity index is 0. The van der Waals surface area contributed by atoms with Crippen LogP contribution < -0.4 is 0 Å². The van der Waals surface area contributed by atoms with E-state index in [1.54, 1.807) is 6.92 Å². The SMILES string of the molecule is CC(C)CC(C)OP(=S)(OC(C)CC(C)C)SCC(C)O.CC(C)CC(C)OP(=S)(S)OC(C)CC(C)C.CC1CO1. The summed E-state index contributed by atoms with van der Waals surface area (Å²) in [5.41, 5.74) is -4.80. The molecule has 1 aliphatic rings. The summed E-state index contributed by atoms with van der Waals surface area (Å²) in [6.07, 6.45) is 4.50. The molecule has 0 aromatic heterocycles. The molecule has 0 saturated carbocycles. The third kappa shape index (κ3) is 31.7. The van der Waals surface area contributed by atoms with Crippen LogP contribution in [-0.2, 0) is 46.4 Å². The second kappa shape index (κ2) is 24.0. The van der Waals surface area contributed by atoms with E-state index >= 15 is 0 Å². The van der Waals surface area contributed by atoms with Crippen LogP contribution in [0.1, 0.15) is 123 Å². The summed E-state index contributed by atoms with van der Waals surface area (Å²) < 4.78 is 28.5. The minimum absolute atomic E-state index is 0.0867. The van der Waals surface area contributed by atoms with Crippen molar-refractivity contribution in [2.45, 2.75) is 159 Å². The molecule has 6 unspecified atom stereocenters. The normalized spacial score (nSPS) is 21.4. The lowest BCUT2D eigenvalue weighted by atomic mass is 10.1. The molecule has 0 radical (unpaired) electrons. The Hall–Kier alpha value is 1.76. The number of hydrogen-bond acceptors (Lipinski definition) is 9. The first-order valence-corrected chi connectivity index (χ1v) is 23.7. The maximum atomic E-state index is 9.51. The lowest BCUT2D eigenvalue weighted by Crippen LogP contribution is -2.15. The van der Waals surface area contributed by atoms with Gasteiger partial charge in [0.05, 0.1) is 43.2 Å². The van der Waals surface area contributed by atoms with Gasteiger partial charge < -0.3 is 27.9 Å². The molecule has 1 fully saturated rings. The molecule has 0 aromatic rings. The quantitative estimate of drug-likeness (QED) is 0.0773. The van der Waals surface area contributed by atoms with E-state index < -0.39 is 17.5 Å². The van der Waals surface area contributed by atoms with E-state index in [0.29, 0.717) is 35.5 Å². The summed E-state index contributed by atoms with van der Waals surface area (Å²) in [6.45, 7) is 30.4. The average molecular weight is 713 g/mol. The van der Waals surface area contributed by atoms with Crippen LogP contribution in [0, 0.1) is 23.7 Å². The van der Waals surface area contributed by atoms with Crippen molar-refractivity contribution in [2.24, 2.45) is 23.7 Å². The molecule has 12 heteroatoms. The molecule has 42 heavy (non-hydrogen) atoms. The third-order valence-electron chi connectivity index (χ3n) is 5.43. The first-order valence-electron chi connectivity index (χ1n) is 15.7. The van der Waals surface area contributed by atoms with E-state index in [1.165, 1.54) is 11.4 Å². The number of aliphatic hydroxyl groups is 1. The number of ether oxygens (including phenoxy) is 1. The van der Waals surface area contributed by atoms with E-state index in [9.17, 15) is 5.11 Å². The standard InChI is InChI=1S/C15H33O3PS2.C12H27O2PS2.C3H6O/c1-11(2)8-14(6)17-19(20,21-10-13(5)16)18-15(7)9-12(3)4;1-9(2)7-11(5)13-15(16,17)14-12(6)8-10(3)4;1-3-2-4-3/h11-16H,8-10H2,1-7H3;9-12H,7-8H2,1-6H3,(H,16,17);3H,2H2,1H3. The maximum Gasteiger partial charge on any atom is 0.247 e. The molecule has 1 N–H and O–H groups in total. The van der Waals surface area contributed by atoms with E-state index in [-0.39, 0.29) is 24.4 Å². The van der Waals surface area contributed by atoms with Crippen molar-refractivity contribution in [3.8, 4) is 0 Å². The van der Waals surface area contributed by atoms with Crippen molar-refractivity contribution in [1.82, 2.24) is 0 Å². The smallest absolute Gasteiger partial charge is 0.247 e. The van der Waals surface area contributed by atoms with Gasteiger partial charge in [0.25, 0.3) is 0 Å². The Kier molecular flexibility index (Phi) is 26.2. The lowest BCUT2D eigenvalue weighted by molar-refractivity contribution is 0.143. The van der Waals surface area contributed by atoms with Gasteiger partial charge in [-0.25, -0.2) is 0 Å². The Bertz CT molecular complexity index is 722. The van der Waals surface area contributed by atoms with Crippen molar-refractivity contribution in [2.75, 3.05) is 12.4 Å². The van der Waals surface area contributed by atoms with Gasteiger partial charge in [0, 0.05) is 5.75 Å². The van der Waals surface area contributed by atoms with Crippen molar-refractivity contribution >= 4 is 58.6 Å². The highest BCUT2D eigenvalue weighted by Crippen LogP contribution is 2.63. The summed E-state index contributed by atoms with van der Waals surface area (Å²) >= 11 is 16.9. The predicted molar refractivity (Wildman–Crippen MR) is 197 cm³/mol. The van der Waals surface area contributed by atoms with Crippen LogP contribution in [0.3, 0.4) is 0 Å². The highest BCUT2D eigenvalue weighted by Gasteiger charge is 2.27. The molecule has 1 aliphatic heterocycles. The van der Waals surface area contributed by atoms with Crippen molar-refractivity contribution in [1.29, 1.82) is 0 Å². The second-order valence-corrected chi connectivity index (χ2v) is 24.8. The fraction of sp³-hybridized carbons (Fsp3) is 1.00. The minimum atomic E-state index is -2.41. The fourth-order valence-corrected chi connectivity index (χ4v) is 12.6. The number of aliphatic hydroxyl groups excluding tert-OH is 1. The maximum absolute atomic E-state index is 9.51. The number of hydrogen-bond donors (Lipinski definition) is 2. The summed E-state index contributed by atoms with van der Waals surface area (Å²) in [6, 6.07) is 0. The van der Waals surface area contributed by atoms with E-state index in [2.05, 4.69) is 88.4 Å². The molecule has 6 atom stereocenters. The van der Waals surface area contributed by atoms with Gasteiger partial charge in [0.2, 0.25) is 11.4 Å². The number of rotatable bonds is 19. The van der Waals surface area contributed by atoms with Crippen LogP contribution in [0.25, 0.3) is 0 Å². The number of thiol groups is 1. The Morgan fingerprint density at radius 3 is 1.17 bits per heavy atom. The Morgan fingerprint density at radius 2 is 0.952 bits per heavy atom. The summed E-state index contributed by atoms with van der Waals surface area (Å²) in [5, 5.41) is 9.51. The molecule has 256 valence electrons. The van der Waals surface area contributed by atoms with Crippen LogP contribution in [0.15, 0.2) is 0 Å². The number of epoxide rings is 1. The van der Waals surface area contributed by atoms with Gasteiger partial charge in [-0.3, -0.25) is 0 Å². The zero-order chi connectivity index (χ0) is 33.3. The van der Waals surface area contributed by atoms with Gasteiger partial charge in [-0.15, -0.1) is 0 Å². The van der Waals surface area contributed by atoms with Crippen LogP contribution in [0.2, 0.25) is 0 Å². The average Bonchev–Trinajstić information content (AvgIpc) is 3.51. The highest BCUT2D eigenvalue weighted by molar-refractivity contribution is 8.67. The van der Waals surface area contributed by atoms with Crippen molar-refractivity contribution in [3.05, 3.63) is 0 Å². The molecule has 0 aliphatic carbocycles. The van der Waals surface area contributed by atoms with Gasteiger partial charge in [0.1, 0.15) is 0 Å². The third-order valence-corrected chi connectivity index (χ3v) is 13.3. The summed E-state index contributed by atoms with van der Waals surface area (Å²) in [5.74, 6) is 2.89. The van der Waals surface area contributed by atoms with E-state index in [1.807, 2.05) is 13.8 Å². The minimum Gasteiger partial charge on any atom is -0.393 e. The zero-order valence-corrected chi connectivity index (χ0v) is 34.2. The van der Waals surface area contributed by atoms with Gasteiger partial charge in [0.15, 0.2) is 0 Å². The van der Waals surface area contributed by atoms with Crippen LogP contribution >= 0.6 is 35.0 Å². The largest absolute Gasteiger partial charge is 0.393 e. The zero-order valence-electron chi connectivity index (χ0n) is 29.1. The highest BCUT2D eigenvalue weighted by atomic mass is 32.9. The first kappa shape index (κ1) is 45.9. The van der Waals surface area contributed by atoms with Gasteiger partial charge in [-0.2, -0.15) is 0 Å². The fourth-order valence-electron chi connectivity index (χ4n) is 4.13. The summed E-state index contributed by atoms with van der Waals surface area (Å²) in [7, 11) is 0. The first-order chi connectivity index (χ1) is 19.1. The predicted octanol–water partition coefficient (Wildman–Crippen LogP) is 10.7. The molecule has 1 saturated heterocycles. The van der Waals surface area contributed by atoms with Crippen molar-refractivity contribution in [3.63, 3.8) is 0 Å². The second-order valence-electron chi connectivity index (χ2n) is 13.4. The van der Waals surface area contributed by atoms with Gasteiger partial charge in [-0.1, -0.05) is 79.0 Å². The van der Waals surface area contributed by atoms with Crippen LogP contribution in [0.5, 0.6) is 0 Å². The van der Waals surface area contributed by atoms with Gasteiger partial charge in [-0.05, 0) is 115 Å². The lowest BCUT2D eigenvalue weighted by Gasteiger charge is -2.29. The molecule has 1 rings (SSSR count). The van der Waals surface area contributed by atoms with E-state index in [0.717, 1.165) is 32.3 Å². The molecular formula is C30H66O6P2S4. The van der Waals surface area contributed by atoms with Crippen molar-refractivity contribution < 1.29 is 27.9 Å². The topological polar surface area (TPSA) is 69.7 Å². The van der Waals surface area contributed by atoms with E-state index in [4.69, 9.17) is 46.4 Å². The van der Waals surface area contributed by atoms with Gasteiger partial charge >= 0.3 is 0 Å². The molecule has 6 nitrogen and oxygen atoms in total.